The lowest BCUT2D eigenvalue weighted by molar-refractivity contribution is -0.117. The second kappa shape index (κ2) is 6.40. The number of benzene rings is 1. The highest BCUT2D eigenvalue weighted by Crippen LogP contribution is 2.23. The standard InChI is InChI=1S/C12H13BrF2N2O2/c13-7-3-9(14)12(10(15)4-7)17-11(18)5-8-6-19-2-1-16-8/h3-4,8,16H,1-2,5-6H2,(H,17,18). The van der Waals surface area contributed by atoms with E-state index in [4.69, 9.17) is 4.74 Å². The van der Waals surface area contributed by atoms with E-state index in [0.29, 0.717) is 19.8 Å². The predicted octanol–water partition coefficient (Wildman–Crippen LogP) is 2.04. The van der Waals surface area contributed by atoms with Crippen molar-refractivity contribution in [2.45, 2.75) is 12.5 Å². The van der Waals surface area contributed by atoms with Gasteiger partial charge < -0.3 is 15.4 Å². The quantitative estimate of drug-likeness (QED) is 0.889. The molecule has 1 aliphatic heterocycles. The molecule has 0 spiro atoms. The first kappa shape index (κ1) is 14.4. The molecule has 104 valence electrons. The minimum Gasteiger partial charge on any atom is -0.378 e. The van der Waals surface area contributed by atoms with Crippen molar-refractivity contribution >= 4 is 27.5 Å². The zero-order valence-electron chi connectivity index (χ0n) is 10.0. The highest BCUT2D eigenvalue weighted by atomic mass is 79.9. The van der Waals surface area contributed by atoms with Gasteiger partial charge in [0.2, 0.25) is 5.91 Å². The van der Waals surface area contributed by atoms with Crippen LogP contribution in [0.15, 0.2) is 16.6 Å². The van der Waals surface area contributed by atoms with E-state index < -0.39 is 23.2 Å². The summed E-state index contributed by atoms with van der Waals surface area (Å²) in [7, 11) is 0. The van der Waals surface area contributed by atoms with E-state index in [1.54, 1.807) is 0 Å². The fourth-order valence-corrected chi connectivity index (χ4v) is 2.23. The molecule has 0 aromatic heterocycles. The maximum atomic E-state index is 13.5. The number of ether oxygens (including phenoxy) is 1. The van der Waals surface area contributed by atoms with Crippen LogP contribution in [0.5, 0.6) is 0 Å². The van der Waals surface area contributed by atoms with E-state index in [0.717, 1.165) is 12.1 Å². The Labute approximate surface area is 117 Å². The molecule has 1 aromatic rings. The molecule has 19 heavy (non-hydrogen) atoms. The molecule has 2 rings (SSSR count). The average Bonchev–Trinajstić information content (AvgIpc) is 2.35. The van der Waals surface area contributed by atoms with E-state index in [2.05, 4.69) is 26.6 Å². The lowest BCUT2D eigenvalue weighted by Crippen LogP contribution is -2.43. The van der Waals surface area contributed by atoms with Crippen LogP contribution >= 0.6 is 15.9 Å². The van der Waals surface area contributed by atoms with Gasteiger partial charge in [-0.25, -0.2) is 8.78 Å². The second-order valence-electron chi connectivity index (χ2n) is 4.22. The summed E-state index contributed by atoms with van der Waals surface area (Å²) in [5.41, 5.74) is -0.426. The Morgan fingerprint density at radius 2 is 2.16 bits per heavy atom. The summed E-state index contributed by atoms with van der Waals surface area (Å²) in [4.78, 5) is 11.7. The molecule has 2 N–H and O–H groups in total. The topological polar surface area (TPSA) is 50.4 Å². The molecule has 1 heterocycles. The smallest absolute Gasteiger partial charge is 0.226 e. The summed E-state index contributed by atoms with van der Waals surface area (Å²) < 4.78 is 32.5. The number of amides is 1. The Morgan fingerprint density at radius 1 is 1.47 bits per heavy atom. The number of hydrogen-bond donors (Lipinski definition) is 2. The number of halogens is 3. The highest BCUT2D eigenvalue weighted by Gasteiger charge is 2.19. The Bertz CT molecular complexity index is 456. The van der Waals surface area contributed by atoms with Gasteiger partial charge in [-0.1, -0.05) is 15.9 Å². The molecule has 1 atom stereocenters. The van der Waals surface area contributed by atoms with Crippen molar-refractivity contribution in [2.24, 2.45) is 0 Å². The Balaban J connectivity index is 1.98. The van der Waals surface area contributed by atoms with Gasteiger partial charge in [0.15, 0.2) is 11.6 Å². The number of hydrogen-bond acceptors (Lipinski definition) is 3. The summed E-state index contributed by atoms with van der Waals surface area (Å²) in [6.45, 7) is 1.69. The molecular weight excluding hydrogens is 322 g/mol. The van der Waals surface area contributed by atoms with Gasteiger partial charge in [0.1, 0.15) is 5.69 Å². The molecule has 4 nitrogen and oxygen atoms in total. The van der Waals surface area contributed by atoms with Crippen LogP contribution in [0.3, 0.4) is 0 Å². The van der Waals surface area contributed by atoms with Gasteiger partial charge in [-0.15, -0.1) is 0 Å². The largest absolute Gasteiger partial charge is 0.378 e. The molecule has 7 heteroatoms. The summed E-state index contributed by atoms with van der Waals surface area (Å²) in [6, 6.07) is 2.07. The molecule has 0 radical (unpaired) electrons. The summed E-state index contributed by atoms with van der Waals surface area (Å²) in [5.74, 6) is -2.08. The van der Waals surface area contributed by atoms with Gasteiger partial charge >= 0.3 is 0 Å². The number of anilines is 1. The van der Waals surface area contributed by atoms with Crippen molar-refractivity contribution in [3.05, 3.63) is 28.2 Å². The SMILES string of the molecule is O=C(CC1COCCN1)Nc1c(F)cc(Br)cc1F. The van der Waals surface area contributed by atoms with Crippen LogP contribution in [-0.4, -0.2) is 31.7 Å². The number of morpholine rings is 1. The van der Waals surface area contributed by atoms with Gasteiger partial charge in [0, 0.05) is 23.5 Å². The van der Waals surface area contributed by atoms with Crippen molar-refractivity contribution in [3.8, 4) is 0 Å². The van der Waals surface area contributed by atoms with Crippen molar-refractivity contribution in [1.29, 1.82) is 0 Å². The Morgan fingerprint density at radius 3 is 2.74 bits per heavy atom. The number of carbonyl (C=O) groups excluding carboxylic acids is 1. The van der Waals surface area contributed by atoms with Gasteiger partial charge in [-0.2, -0.15) is 0 Å². The lowest BCUT2D eigenvalue weighted by atomic mass is 10.2. The molecule has 1 amide bonds. The van der Waals surface area contributed by atoms with Crippen LogP contribution < -0.4 is 10.6 Å². The predicted molar refractivity (Wildman–Crippen MR) is 69.9 cm³/mol. The number of rotatable bonds is 3. The molecule has 1 aromatic carbocycles. The van der Waals surface area contributed by atoms with Crippen LogP contribution in [0.25, 0.3) is 0 Å². The van der Waals surface area contributed by atoms with Crippen molar-refractivity contribution in [3.63, 3.8) is 0 Å². The van der Waals surface area contributed by atoms with E-state index >= 15 is 0 Å². The third-order valence-corrected chi connectivity index (χ3v) is 3.16. The minimum absolute atomic E-state index is 0.106. The third-order valence-electron chi connectivity index (χ3n) is 2.70. The van der Waals surface area contributed by atoms with E-state index in [1.165, 1.54) is 0 Å². The molecule has 0 aliphatic carbocycles. The molecule has 1 fully saturated rings. The van der Waals surface area contributed by atoms with E-state index in [-0.39, 0.29) is 16.9 Å². The fraction of sp³-hybridized carbons (Fsp3) is 0.417. The zero-order chi connectivity index (χ0) is 13.8. The van der Waals surface area contributed by atoms with Crippen LogP contribution in [0.2, 0.25) is 0 Å². The maximum absolute atomic E-state index is 13.5. The number of nitrogens with one attached hydrogen (secondary N) is 2. The lowest BCUT2D eigenvalue weighted by Gasteiger charge is -2.23. The highest BCUT2D eigenvalue weighted by molar-refractivity contribution is 9.10. The van der Waals surface area contributed by atoms with Gasteiger partial charge in [0.25, 0.3) is 0 Å². The first-order valence-corrected chi connectivity index (χ1v) is 6.61. The molecular formula is C12H13BrF2N2O2. The molecule has 1 aliphatic rings. The van der Waals surface area contributed by atoms with Crippen molar-refractivity contribution < 1.29 is 18.3 Å². The second-order valence-corrected chi connectivity index (χ2v) is 5.14. The normalized spacial score (nSPS) is 19.2. The Hall–Kier alpha value is -1.05. The molecule has 0 bridgehead atoms. The Kier molecular flexibility index (Phi) is 4.84. The first-order valence-electron chi connectivity index (χ1n) is 5.82. The maximum Gasteiger partial charge on any atom is 0.226 e. The molecule has 1 unspecified atom stereocenters. The van der Waals surface area contributed by atoms with Crippen LogP contribution in [-0.2, 0) is 9.53 Å². The van der Waals surface area contributed by atoms with Crippen molar-refractivity contribution in [2.75, 3.05) is 25.1 Å². The van der Waals surface area contributed by atoms with Crippen LogP contribution in [0.4, 0.5) is 14.5 Å². The molecule has 1 saturated heterocycles. The van der Waals surface area contributed by atoms with E-state index in [1.807, 2.05) is 0 Å². The van der Waals surface area contributed by atoms with Crippen molar-refractivity contribution in [1.82, 2.24) is 5.32 Å². The minimum atomic E-state index is -0.812. The van der Waals surface area contributed by atoms with Gasteiger partial charge in [0.05, 0.1) is 13.2 Å². The van der Waals surface area contributed by atoms with E-state index in [9.17, 15) is 13.6 Å². The molecule has 0 saturated carbocycles. The summed E-state index contributed by atoms with van der Waals surface area (Å²) >= 11 is 2.97. The van der Waals surface area contributed by atoms with Gasteiger partial charge in [-0.05, 0) is 12.1 Å². The zero-order valence-corrected chi connectivity index (χ0v) is 11.6. The fourth-order valence-electron chi connectivity index (χ4n) is 1.83. The number of carbonyl (C=O) groups is 1. The monoisotopic (exact) mass is 334 g/mol. The van der Waals surface area contributed by atoms with Crippen LogP contribution in [0, 0.1) is 11.6 Å². The summed E-state index contributed by atoms with van der Waals surface area (Å²) in [5, 5.41) is 5.34. The third kappa shape index (κ3) is 3.95. The average molecular weight is 335 g/mol. The van der Waals surface area contributed by atoms with Crippen LogP contribution in [0.1, 0.15) is 6.42 Å². The summed E-state index contributed by atoms with van der Waals surface area (Å²) in [6.07, 6.45) is 0.106. The first-order chi connectivity index (χ1) is 9.06. The van der Waals surface area contributed by atoms with Gasteiger partial charge in [-0.3, -0.25) is 4.79 Å².